The molecule has 2 N–H and O–H groups in total. The largest absolute Gasteiger partial charge is 0.444 e. The SMILES string of the molecule is CC(=O)c1c(F)c(S(=O)(=O)N[C@]2(CO)CCN(C(=O)OC(C)(C)C)C2)cn1C. The molecule has 2 rings (SSSR count). The molecule has 158 valence electrons. The molecule has 0 aliphatic carbocycles. The molecule has 28 heavy (non-hydrogen) atoms. The molecule has 1 aromatic heterocycles. The molecule has 0 unspecified atom stereocenters. The summed E-state index contributed by atoms with van der Waals surface area (Å²) in [7, 11) is -3.04. The predicted octanol–water partition coefficient (Wildman–Crippen LogP) is 1.02. The van der Waals surface area contributed by atoms with Crippen LogP contribution in [-0.2, 0) is 21.8 Å². The number of carbonyl (C=O) groups is 2. The zero-order valence-electron chi connectivity index (χ0n) is 16.6. The maximum Gasteiger partial charge on any atom is 0.410 e. The Morgan fingerprint density at radius 2 is 2.00 bits per heavy atom. The van der Waals surface area contributed by atoms with Crippen molar-refractivity contribution < 1.29 is 32.2 Å². The topological polar surface area (TPSA) is 118 Å². The number of aliphatic hydroxyl groups is 1. The summed E-state index contributed by atoms with van der Waals surface area (Å²) in [5.41, 5.74) is -2.47. The fourth-order valence-electron chi connectivity index (χ4n) is 3.10. The van der Waals surface area contributed by atoms with Gasteiger partial charge in [0.25, 0.3) is 0 Å². The van der Waals surface area contributed by atoms with Crippen molar-refractivity contribution in [1.82, 2.24) is 14.2 Å². The van der Waals surface area contributed by atoms with E-state index in [-0.39, 0.29) is 25.2 Å². The van der Waals surface area contributed by atoms with Gasteiger partial charge in [0.1, 0.15) is 16.2 Å². The number of amides is 1. The van der Waals surface area contributed by atoms with Gasteiger partial charge < -0.3 is 19.3 Å². The number of aromatic nitrogens is 1. The van der Waals surface area contributed by atoms with Gasteiger partial charge in [-0.25, -0.2) is 22.3 Å². The zero-order chi connectivity index (χ0) is 21.5. The van der Waals surface area contributed by atoms with E-state index < -0.39 is 50.4 Å². The van der Waals surface area contributed by atoms with Crippen molar-refractivity contribution in [2.75, 3.05) is 19.7 Å². The fraction of sp³-hybridized carbons (Fsp3) is 0.647. The summed E-state index contributed by atoms with van der Waals surface area (Å²) in [6.45, 7) is 5.67. The van der Waals surface area contributed by atoms with E-state index in [2.05, 4.69) is 4.72 Å². The summed E-state index contributed by atoms with van der Waals surface area (Å²) in [6.07, 6.45) is 0.488. The molecule has 11 heteroatoms. The lowest BCUT2D eigenvalue weighted by atomic mass is 10.0. The highest BCUT2D eigenvalue weighted by Crippen LogP contribution is 2.27. The lowest BCUT2D eigenvalue weighted by Gasteiger charge is -2.29. The Morgan fingerprint density at radius 1 is 1.39 bits per heavy atom. The van der Waals surface area contributed by atoms with Crippen molar-refractivity contribution >= 4 is 21.9 Å². The Bertz CT molecular complexity index is 889. The third-order valence-corrected chi connectivity index (χ3v) is 5.94. The molecule has 1 aromatic rings. The van der Waals surface area contributed by atoms with E-state index in [9.17, 15) is 27.5 Å². The summed E-state index contributed by atoms with van der Waals surface area (Å²) in [5, 5.41) is 9.82. The summed E-state index contributed by atoms with van der Waals surface area (Å²) >= 11 is 0. The van der Waals surface area contributed by atoms with E-state index in [0.717, 1.165) is 17.7 Å². The molecule has 1 aliphatic rings. The molecule has 0 radical (unpaired) electrons. The zero-order valence-corrected chi connectivity index (χ0v) is 17.4. The molecular weight excluding hydrogens is 393 g/mol. The van der Waals surface area contributed by atoms with Crippen LogP contribution in [0, 0.1) is 5.82 Å². The van der Waals surface area contributed by atoms with Crippen LogP contribution >= 0.6 is 0 Å². The summed E-state index contributed by atoms with van der Waals surface area (Å²) < 4.78 is 48.7. The number of ketones is 1. The van der Waals surface area contributed by atoms with Gasteiger partial charge in [-0.05, 0) is 27.2 Å². The van der Waals surface area contributed by atoms with Crippen molar-refractivity contribution in [3.63, 3.8) is 0 Å². The number of nitrogens with zero attached hydrogens (tertiary/aromatic N) is 2. The second-order valence-electron chi connectivity index (χ2n) is 8.02. The van der Waals surface area contributed by atoms with Gasteiger partial charge in [0.15, 0.2) is 11.6 Å². The van der Waals surface area contributed by atoms with Crippen LogP contribution in [0.5, 0.6) is 0 Å². The Hall–Kier alpha value is -1.98. The number of rotatable bonds is 5. The summed E-state index contributed by atoms with van der Waals surface area (Å²) in [6, 6.07) is 0. The molecule has 1 fully saturated rings. The second-order valence-corrected chi connectivity index (χ2v) is 9.67. The number of Topliss-reactive ketones (excluding diaryl/α,β-unsaturated/α-hetero) is 1. The predicted molar refractivity (Wildman–Crippen MR) is 97.9 cm³/mol. The first-order valence-corrected chi connectivity index (χ1v) is 10.2. The maximum absolute atomic E-state index is 14.5. The third-order valence-electron chi connectivity index (χ3n) is 4.37. The number of ether oxygens (including phenoxy) is 1. The van der Waals surface area contributed by atoms with E-state index in [1.165, 1.54) is 11.9 Å². The first kappa shape index (κ1) is 22.3. The monoisotopic (exact) mass is 419 g/mol. The molecule has 0 spiro atoms. The van der Waals surface area contributed by atoms with Crippen molar-refractivity contribution in [1.29, 1.82) is 0 Å². The van der Waals surface area contributed by atoms with Gasteiger partial charge in [0, 0.05) is 33.3 Å². The first-order valence-electron chi connectivity index (χ1n) is 8.70. The second kappa shape index (κ2) is 7.45. The van der Waals surface area contributed by atoms with Crippen molar-refractivity contribution in [3.05, 3.63) is 17.7 Å². The average Bonchev–Trinajstić information content (AvgIpc) is 3.07. The molecule has 0 aromatic carbocycles. The van der Waals surface area contributed by atoms with Crippen LogP contribution in [0.3, 0.4) is 0 Å². The Balaban J connectivity index is 2.26. The van der Waals surface area contributed by atoms with Crippen LogP contribution in [0.15, 0.2) is 11.1 Å². The van der Waals surface area contributed by atoms with Gasteiger partial charge >= 0.3 is 6.09 Å². The fourth-order valence-corrected chi connectivity index (χ4v) is 4.64. The minimum atomic E-state index is -4.40. The standard InChI is InChI=1S/C17H26FN3O6S/c1-11(23)14-13(18)12(8-20(14)5)28(25,26)19-17(10-22)6-7-21(9-17)15(24)27-16(2,3)4/h8,19,22H,6-7,9-10H2,1-5H3/t17-/m1/s1. The van der Waals surface area contributed by atoms with Gasteiger partial charge in [-0.3, -0.25) is 4.79 Å². The Morgan fingerprint density at radius 3 is 2.46 bits per heavy atom. The van der Waals surface area contributed by atoms with E-state index in [0.29, 0.717) is 0 Å². The number of aryl methyl sites for hydroxylation is 1. The molecular formula is C17H26FN3O6S. The summed E-state index contributed by atoms with van der Waals surface area (Å²) in [4.78, 5) is 24.4. The van der Waals surface area contributed by atoms with Crippen molar-refractivity contribution in [2.24, 2.45) is 7.05 Å². The van der Waals surface area contributed by atoms with Gasteiger partial charge in [0.05, 0.1) is 12.1 Å². The van der Waals surface area contributed by atoms with Crippen LogP contribution in [-0.4, -0.2) is 65.7 Å². The average molecular weight is 419 g/mol. The van der Waals surface area contributed by atoms with Crippen LogP contribution in [0.4, 0.5) is 9.18 Å². The smallest absolute Gasteiger partial charge is 0.410 e. The van der Waals surface area contributed by atoms with Gasteiger partial charge in [-0.2, -0.15) is 0 Å². The highest BCUT2D eigenvalue weighted by Gasteiger charge is 2.44. The first-order chi connectivity index (χ1) is 12.7. The minimum Gasteiger partial charge on any atom is -0.444 e. The number of hydrogen-bond donors (Lipinski definition) is 2. The Kier molecular flexibility index (Phi) is 5.94. The molecule has 0 saturated carbocycles. The summed E-state index contributed by atoms with van der Waals surface area (Å²) in [5.74, 6) is -1.77. The third kappa shape index (κ3) is 4.53. The van der Waals surface area contributed by atoms with Gasteiger partial charge in [0.2, 0.25) is 10.0 Å². The molecule has 1 saturated heterocycles. The van der Waals surface area contributed by atoms with E-state index in [4.69, 9.17) is 4.74 Å². The number of hydrogen-bond acceptors (Lipinski definition) is 6. The van der Waals surface area contributed by atoms with Gasteiger partial charge in [-0.1, -0.05) is 0 Å². The van der Waals surface area contributed by atoms with E-state index in [1.807, 2.05) is 0 Å². The number of nitrogens with one attached hydrogen (secondary N) is 1. The molecule has 9 nitrogen and oxygen atoms in total. The van der Waals surface area contributed by atoms with Crippen molar-refractivity contribution in [2.45, 2.75) is 50.2 Å². The van der Waals surface area contributed by atoms with E-state index in [1.54, 1.807) is 20.8 Å². The highest BCUT2D eigenvalue weighted by atomic mass is 32.2. The van der Waals surface area contributed by atoms with Crippen LogP contribution in [0.25, 0.3) is 0 Å². The number of carbonyl (C=O) groups excluding carboxylic acids is 2. The lowest BCUT2D eigenvalue weighted by molar-refractivity contribution is 0.0275. The molecule has 0 bridgehead atoms. The molecule has 1 amide bonds. The van der Waals surface area contributed by atoms with Crippen LogP contribution in [0.2, 0.25) is 0 Å². The Labute approximate surface area is 163 Å². The highest BCUT2D eigenvalue weighted by molar-refractivity contribution is 7.89. The lowest BCUT2D eigenvalue weighted by Crippen LogP contribution is -2.53. The van der Waals surface area contributed by atoms with E-state index >= 15 is 0 Å². The van der Waals surface area contributed by atoms with Crippen LogP contribution < -0.4 is 4.72 Å². The number of likely N-dealkylation sites (tertiary alicyclic amines) is 1. The maximum atomic E-state index is 14.5. The molecule has 1 aliphatic heterocycles. The molecule has 1 atom stereocenters. The number of aliphatic hydroxyl groups excluding tert-OH is 1. The normalized spacial score (nSPS) is 20.5. The number of sulfonamides is 1. The van der Waals surface area contributed by atoms with Crippen molar-refractivity contribution in [3.8, 4) is 0 Å². The number of halogens is 1. The van der Waals surface area contributed by atoms with Gasteiger partial charge in [-0.15, -0.1) is 0 Å². The minimum absolute atomic E-state index is 0.121. The quantitative estimate of drug-likeness (QED) is 0.688. The van der Waals surface area contributed by atoms with Crippen LogP contribution in [0.1, 0.15) is 44.6 Å². The molecule has 2 heterocycles.